The number of carboxylic acid groups (broad SMARTS) is 1. The van der Waals surface area contributed by atoms with Crippen molar-refractivity contribution >= 4 is 5.97 Å². The van der Waals surface area contributed by atoms with Gasteiger partial charge in [0.2, 0.25) is 0 Å². The third kappa shape index (κ3) is 10.7. The second kappa shape index (κ2) is 14.3. The number of rotatable bonds is 15. The highest BCUT2D eigenvalue weighted by Crippen LogP contribution is 2.13. The molecule has 5 heteroatoms. The minimum absolute atomic E-state index is 0.200. The lowest BCUT2D eigenvalue weighted by molar-refractivity contribution is -0.143. The Kier molecular flexibility index (Phi) is 13.9. The molecule has 0 aliphatic heterocycles. The summed E-state index contributed by atoms with van der Waals surface area (Å²) in [6, 6.07) is -0.533. The molecule has 0 spiro atoms. The first kappa shape index (κ1) is 20.3. The Balaban J connectivity index is 3.57. The fourth-order valence-electron chi connectivity index (χ4n) is 2.62. The molecule has 0 amide bonds. The molecular formula is C16H35N3O2. The zero-order chi connectivity index (χ0) is 15.9. The summed E-state index contributed by atoms with van der Waals surface area (Å²) in [6.45, 7) is 2.64. The maximum Gasteiger partial charge on any atom is 0.320 e. The zero-order valence-electron chi connectivity index (χ0n) is 13.7. The molecule has 5 nitrogen and oxygen atoms in total. The smallest absolute Gasteiger partial charge is 0.320 e. The van der Waals surface area contributed by atoms with Crippen LogP contribution in [0.2, 0.25) is 0 Å². The quantitative estimate of drug-likeness (QED) is 0.319. The number of carbonyl (C=O) groups is 1. The van der Waals surface area contributed by atoms with Gasteiger partial charge in [-0.15, -0.1) is 0 Å². The van der Waals surface area contributed by atoms with E-state index in [4.69, 9.17) is 11.5 Å². The number of hydrogen-bond acceptors (Lipinski definition) is 4. The van der Waals surface area contributed by atoms with Gasteiger partial charge in [-0.2, -0.15) is 0 Å². The monoisotopic (exact) mass is 301 g/mol. The van der Waals surface area contributed by atoms with Gasteiger partial charge in [0.1, 0.15) is 6.04 Å². The van der Waals surface area contributed by atoms with Crippen molar-refractivity contribution in [3.8, 4) is 0 Å². The van der Waals surface area contributed by atoms with E-state index in [1.54, 1.807) is 4.90 Å². The number of carboxylic acids is 1. The van der Waals surface area contributed by atoms with E-state index < -0.39 is 12.0 Å². The van der Waals surface area contributed by atoms with E-state index in [-0.39, 0.29) is 13.3 Å². The van der Waals surface area contributed by atoms with E-state index in [9.17, 15) is 9.90 Å². The molecular weight excluding hydrogens is 266 g/mol. The molecule has 0 aromatic carbocycles. The first-order valence-corrected chi connectivity index (χ1v) is 8.54. The van der Waals surface area contributed by atoms with E-state index in [2.05, 4.69) is 6.92 Å². The predicted octanol–water partition coefficient (Wildman–Crippen LogP) is 2.88. The number of unbranched alkanes of at least 4 members (excludes halogenated alkanes) is 9. The van der Waals surface area contributed by atoms with Gasteiger partial charge in [-0.1, -0.05) is 71.1 Å². The standard InChI is InChI=1S/C16H35N3O2/c1-2-3-4-5-6-7-8-9-10-11-12-15(16(20)21)19(13-17)14-18/h15H,2-14,17-18H2,1H3,(H,20,21). The SMILES string of the molecule is CCCCCCCCCCCCC(C(=O)O)N(CN)CN. The summed E-state index contributed by atoms with van der Waals surface area (Å²) in [5, 5.41) is 9.20. The average Bonchev–Trinajstić information content (AvgIpc) is 2.48. The van der Waals surface area contributed by atoms with Crippen molar-refractivity contribution in [3.05, 3.63) is 0 Å². The fraction of sp³-hybridized carbons (Fsp3) is 0.938. The Morgan fingerprint density at radius 2 is 1.33 bits per heavy atom. The van der Waals surface area contributed by atoms with Gasteiger partial charge in [-0.25, -0.2) is 0 Å². The summed E-state index contributed by atoms with van der Waals surface area (Å²) in [5.74, 6) is -0.818. The van der Waals surface area contributed by atoms with Gasteiger partial charge >= 0.3 is 5.97 Å². The van der Waals surface area contributed by atoms with Crippen LogP contribution in [0.1, 0.15) is 77.6 Å². The molecule has 21 heavy (non-hydrogen) atoms. The van der Waals surface area contributed by atoms with Crippen molar-refractivity contribution in [2.75, 3.05) is 13.3 Å². The van der Waals surface area contributed by atoms with Crippen molar-refractivity contribution in [2.24, 2.45) is 11.5 Å². The van der Waals surface area contributed by atoms with Crippen molar-refractivity contribution < 1.29 is 9.90 Å². The fourth-order valence-corrected chi connectivity index (χ4v) is 2.62. The molecule has 0 fully saturated rings. The van der Waals surface area contributed by atoms with Crippen LogP contribution < -0.4 is 11.5 Å². The van der Waals surface area contributed by atoms with Crippen LogP contribution in [0.25, 0.3) is 0 Å². The second-order valence-electron chi connectivity index (χ2n) is 5.78. The van der Waals surface area contributed by atoms with Gasteiger partial charge in [0.15, 0.2) is 0 Å². The van der Waals surface area contributed by atoms with E-state index in [1.165, 1.54) is 51.4 Å². The Morgan fingerprint density at radius 3 is 1.71 bits per heavy atom. The van der Waals surface area contributed by atoms with Crippen LogP contribution in [0.3, 0.4) is 0 Å². The molecule has 0 aliphatic rings. The molecule has 0 radical (unpaired) electrons. The summed E-state index contributed by atoms with van der Waals surface area (Å²) in [7, 11) is 0. The van der Waals surface area contributed by atoms with E-state index in [0.717, 1.165) is 12.8 Å². The highest BCUT2D eigenvalue weighted by Gasteiger charge is 2.22. The molecule has 0 aromatic heterocycles. The van der Waals surface area contributed by atoms with Crippen LogP contribution in [-0.2, 0) is 4.79 Å². The first-order valence-electron chi connectivity index (χ1n) is 8.54. The lowest BCUT2D eigenvalue weighted by atomic mass is 10.0. The number of hydrogen-bond donors (Lipinski definition) is 3. The lowest BCUT2D eigenvalue weighted by Crippen LogP contribution is -2.47. The van der Waals surface area contributed by atoms with E-state index >= 15 is 0 Å². The summed E-state index contributed by atoms with van der Waals surface area (Å²) >= 11 is 0. The van der Waals surface area contributed by atoms with Gasteiger partial charge in [-0.05, 0) is 6.42 Å². The second-order valence-corrected chi connectivity index (χ2v) is 5.78. The summed E-state index contributed by atoms with van der Waals surface area (Å²) < 4.78 is 0. The maximum absolute atomic E-state index is 11.2. The summed E-state index contributed by atoms with van der Waals surface area (Å²) in [4.78, 5) is 12.8. The predicted molar refractivity (Wildman–Crippen MR) is 87.8 cm³/mol. The third-order valence-electron chi connectivity index (χ3n) is 4.03. The highest BCUT2D eigenvalue weighted by molar-refractivity contribution is 5.73. The Bertz CT molecular complexity index is 246. The van der Waals surface area contributed by atoms with E-state index in [1.807, 2.05) is 0 Å². The topological polar surface area (TPSA) is 92.6 Å². The Hall–Kier alpha value is -0.650. The molecule has 0 aromatic rings. The van der Waals surface area contributed by atoms with Crippen LogP contribution in [-0.4, -0.2) is 35.4 Å². The van der Waals surface area contributed by atoms with Crippen LogP contribution in [0, 0.1) is 0 Å². The highest BCUT2D eigenvalue weighted by atomic mass is 16.4. The molecule has 0 aliphatic carbocycles. The first-order chi connectivity index (χ1) is 10.2. The number of nitrogens with zero attached hydrogens (tertiary/aromatic N) is 1. The van der Waals surface area contributed by atoms with Crippen molar-refractivity contribution in [1.29, 1.82) is 0 Å². The van der Waals surface area contributed by atoms with Gasteiger partial charge in [0.25, 0.3) is 0 Å². The largest absolute Gasteiger partial charge is 0.480 e. The van der Waals surface area contributed by atoms with Gasteiger partial charge in [0, 0.05) is 13.3 Å². The molecule has 5 N–H and O–H groups in total. The van der Waals surface area contributed by atoms with Gasteiger partial charge in [0.05, 0.1) is 0 Å². The normalized spacial score (nSPS) is 12.8. The minimum atomic E-state index is -0.818. The molecule has 0 heterocycles. The lowest BCUT2D eigenvalue weighted by Gasteiger charge is -2.25. The van der Waals surface area contributed by atoms with Crippen molar-refractivity contribution in [2.45, 2.75) is 83.6 Å². The molecule has 126 valence electrons. The maximum atomic E-state index is 11.2. The van der Waals surface area contributed by atoms with Crippen molar-refractivity contribution in [1.82, 2.24) is 4.90 Å². The average molecular weight is 301 g/mol. The summed E-state index contributed by atoms with van der Waals surface area (Å²) in [5.41, 5.74) is 11.0. The molecule has 0 rings (SSSR count). The van der Waals surface area contributed by atoms with Crippen molar-refractivity contribution in [3.63, 3.8) is 0 Å². The molecule has 0 bridgehead atoms. The Labute approximate surface area is 130 Å². The van der Waals surface area contributed by atoms with Crippen LogP contribution in [0.15, 0.2) is 0 Å². The molecule has 0 saturated heterocycles. The minimum Gasteiger partial charge on any atom is -0.480 e. The molecule has 1 atom stereocenters. The number of aliphatic carboxylic acids is 1. The van der Waals surface area contributed by atoms with Crippen LogP contribution in [0.4, 0.5) is 0 Å². The Morgan fingerprint density at radius 1 is 0.905 bits per heavy atom. The van der Waals surface area contributed by atoms with Gasteiger partial charge in [-0.3, -0.25) is 9.69 Å². The molecule has 0 saturated carbocycles. The zero-order valence-corrected chi connectivity index (χ0v) is 13.7. The number of nitrogens with two attached hydrogens (primary N) is 2. The summed E-state index contributed by atoms with van der Waals surface area (Å²) in [6.07, 6.45) is 13.2. The van der Waals surface area contributed by atoms with Crippen LogP contribution >= 0.6 is 0 Å². The molecule has 1 unspecified atom stereocenters. The van der Waals surface area contributed by atoms with Gasteiger partial charge < -0.3 is 16.6 Å². The third-order valence-corrected chi connectivity index (χ3v) is 4.03. The van der Waals surface area contributed by atoms with E-state index in [0.29, 0.717) is 6.42 Å². The van der Waals surface area contributed by atoms with Crippen LogP contribution in [0.5, 0.6) is 0 Å².